The van der Waals surface area contributed by atoms with Gasteiger partial charge in [0.25, 0.3) is 0 Å². The van der Waals surface area contributed by atoms with Crippen LogP contribution in [0, 0.1) is 0 Å². The molecule has 1 aliphatic rings. The lowest BCUT2D eigenvalue weighted by Crippen LogP contribution is -2.50. The zero-order valence-corrected chi connectivity index (χ0v) is 14.7. The number of benzene rings is 1. The number of anilines is 1. The second kappa shape index (κ2) is 6.44. The van der Waals surface area contributed by atoms with Gasteiger partial charge in [-0.15, -0.1) is 0 Å². The molecule has 1 aromatic rings. The molecule has 4 nitrogen and oxygen atoms in total. The molecule has 0 heterocycles. The van der Waals surface area contributed by atoms with Crippen LogP contribution in [0.1, 0.15) is 33.6 Å². The molecule has 6 heteroatoms. The molecule has 1 aliphatic carbocycles. The third kappa shape index (κ3) is 4.78. The monoisotopic (exact) mass is 374 g/mol. The smallest absolute Gasteiger partial charge is 0.407 e. The number of halogens is 2. The van der Waals surface area contributed by atoms with Crippen LogP contribution >= 0.6 is 27.5 Å². The first-order chi connectivity index (χ1) is 9.74. The fourth-order valence-electron chi connectivity index (χ4n) is 2.17. The van der Waals surface area contributed by atoms with Crippen LogP contribution in [0.4, 0.5) is 10.5 Å². The molecule has 0 saturated heterocycles. The summed E-state index contributed by atoms with van der Waals surface area (Å²) < 4.78 is 6.18. The summed E-state index contributed by atoms with van der Waals surface area (Å²) in [4.78, 5) is 11.7. The lowest BCUT2D eigenvalue weighted by molar-refractivity contribution is 0.0475. The molecule has 1 saturated carbocycles. The van der Waals surface area contributed by atoms with E-state index in [1.807, 2.05) is 39.0 Å². The van der Waals surface area contributed by atoms with Crippen LogP contribution in [-0.2, 0) is 4.74 Å². The fraction of sp³-hybridized carbons (Fsp3) is 0.533. The van der Waals surface area contributed by atoms with Crippen molar-refractivity contribution in [3.8, 4) is 0 Å². The lowest BCUT2D eigenvalue weighted by Gasteiger charge is -2.37. The minimum Gasteiger partial charge on any atom is -0.444 e. The van der Waals surface area contributed by atoms with Crippen molar-refractivity contribution in [3.63, 3.8) is 0 Å². The zero-order valence-electron chi connectivity index (χ0n) is 12.4. The van der Waals surface area contributed by atoms with Crippen LogP contribution in [-0.4, -0.2) is 23.8 Å². The Morgan fingerprint density at radius 1 is 1.33 bits per heavy atom. The van der Waals surface area contributed by atoms with E-state index >= 15 is 0 Å². The van der Waals surface area contributed by atoms with Crippen molar-refractivity contribution in [2.24, 2.45) is 0 Å². The Kier molecular flexibility index (Phi) is 5.04. The van der Waals surface area contributed by atoms with Crippen LogP contribution in [0.25, 0.3) is 0 Å². The molecular formula is C15H20BrClN2O2. The Hall–Kier alpha value is -0.940. The van der Waals surface area contributed by atoms with Crippen molar-refractivity contribution in [2.45, 2.75) is 51.3 Å². The predicted molar refractivity (Wildman–Crippen MR) is 89.0 cm³/mol. The minimum absolute atomic E-state index is 0.151. The number of nitrogens with one attached hydrogen (secondary N) is 2. The van der Waals surface area contributed by atoms with E-state index < -0.39 is 5.60 Å². The SMILES string of the molecule is CC(C)(C)OC(=O)NC1CC(Nc2c(Cl)cccc2Br)C1. The first-order valence-corrected chi connectivity index (χ1v) is 8.12. The summed E-state index contributed by atoms with van der Waals surface area (Å²) in [6, 6.07) is 6.15. The maximum Gasteiger partial charge on any atom is 0.407 e. The van der Waals surface area contributed by atoms with Crippen LogP contribution in [0.3, 0.4) is 0 Å². The molecule has 0 unspecified atom stereocenters. The number of carbonyl (C=O) groups is 1. The highest BCUT2D eigenvalue weighted by Gasteiger charge is 2.32. The van der Waals surface area contributed by atoms with E-state index in [1.165, 1.54) is 0 Å². The molecule has 0 aliphatic heterocycles. The van der Waals surface area contributed by atoms with Crippen LogP contribution in [0.15, 0.2) is 22.7 Å². The largest absolute Gasteiger partial charge is 0.444 e. The van der Waals surface area contributed by atoms with Gasteiger partial charge in [-0.05, 0) is 61.7 Å². The van der Waals surface area contributed by atoms with Gasteiger partial charge in [-0.3, -0.25) is 0 Å². The van der Waals surface area contributed by atoms with E-state index in [1.54, 1.807) is 0 Å². The quantitative estimate of drug-likeness (QED) is 0.813. The summed E-state index contributed by atoms with van der Waals surface area (Å²) in [5.41, 5.74) is 0.438. The standard InChI is InChI=1S/C15H20BrClN2O2/c1-15(2,3)21-14(20)19-10-7-9(8-10)18-13-11(16)5-4-6-12(13)17/h4-6,9-10,18H,7-8H2,1-3H3,(H,19,20). The summed E-state index contributed by atoms with van der Waals surface area (Å²) in [6.45, 7) is 5.56. The second-order valence-electron chi connectivity index (χ2n) is 6.25. The molecule has 116 valence electrons. The maximum atomic E-state index is 11.7. The lowest BCUT2D eigenvalue weighted by atomic mass is 9.86. The highest BCUT2D eigenvalue weighted by molar-refractivity contribution is 9.10. The van der Waals surface area contributed by atoms with Crippen LogP contribution in [0.2, 0.25) is 5.02 Å². The van der Waals surface area contributed by atoms with Gasteiger partial charge < -0.3 is 15.4 Å². The van der Waals surface area contributed by atoms with Gasteiger partial charge in [0, 0.05) is 16.6 Å². The molecule has 0 bridgehead atoms. The number of ether oxygens (including phenoxy) is 1. The van der Waals surface area contributed by atoms with E-state index in [9.17, 15) is 4.79 Å². The van der Waals surface area contributed by atoms with Gasteiger partial charge in [0.2, 0.25) is 0 Å². The van der Waals surface area contributed by atoms with Crippen molar-refractivity contribution >= 4 is 39.3 Å². The molecule has 2 rings (SSSR count). The highest BCUT2D eigenvalue weighted by atomic mass is 79.9. The summed E-state index contributed by atoms with van der Waals surface area (Å²) in [5.74, 6) is 0. The van der Waals surface area contributed by atoms with E-state index in [-0.39, 0.29) is 12.1 Å². The van der Waals surface area contributed by atoms with Gasteiger partial charge in [0.1, 0.15) is 5.60 Å². The van der Waals surface area contributed by atoms with Gasteiger partial charge >= 0.3 is 6.09 Å². The number of hydrogen-bond acceptors (Lipinski definition) is 3. The zero-order chi connectivity index (χ0) is 15.6. The van der Waals surface area contributed by atoms with E-state index in [2.05, 4.69) is 26.6 Å². The van der Waals surface area contributed by atoms with Crippen LogP contribution < -0.4 is 10.6 Å². The number of alkyl carbamates (subject to hydrolysis) is 1. The third-order valence-corrected chi connectivity index (χ3v) is 4.15. The number of rotatable bonds is 3. The Morgan fingerprint density at radius 3 is 2.57 bits per heavy atom. The molecular weight excluding hydrogens is 356 g/mol. The molecule has 1 amide bonds. The minimum atomic E-state index is -0.464. The second-order valence-corrected chi connectivity index (χ2v) is 7.51. The Balaban J connectivity index is 1.78. The van der Waals surface area contributed by atoms with Crippen molar-refractivity contribution in [1.82, 2.24) is 5.32 Å². The maximum absolute atomic E-state index is 11.7. The summed E-state index contributed by atoms with van der Waals surface area (Å²) in [6.07, 6.45) is 1.36. The third-order valence-electron chi connectivity index (χ3n) is 3.17. The number of para-hydroxylation sites is 1. The van der Waals surface area contributed by atoms with E-state index in [4.69, 9.17) is 16.3 Å². The molecule has 1 fully saturated rings. The van der Waals surface area contributed by atoms with Gasteiger partial charge in [0.15, 0.2) is 0 Å². The first kappa shape index (κ1) is 16.4. The van der Waals surface area contributed by atoms with Gasteiger partial charge in [-0.1, -0.05) is 17.7 Å². The Morgan fingerprint density at radius 2 is 2.00 bits per heavy atom. The summed E-state index contributed by atoms with van der Waals surface area (Å²) in [7, 11) is 0. The molecule has 0 spiro atoms. The summed E-state index contributed by atoms with van der Waals surface area (Å²) in [5, 5.41) is 6.96. The molecule has 2 N–H and O–H groups in total. The first-order valence-electron chi connectivity index (χ1n) is 6.94. The average molecular weight is 376 g/mol. The van der Waals surface area contributed by atoms with Crippen LogP contribution in [0.5, 0.6) is 0 Å². The number of amides is 1. The number of carbonyl (C=O) groups excluding carboxylic acids is 1. The van der Waals surface area contributed by atoms with Gasteiger partial charge in [-0.2, -0.15) is 0 Å². The Bertz CT molecular complexity index is 505. The molecule has 0 radical (unpaired) electrons. The van der Waals surface area contributed by atoms with Gasteiger partial charge in [-0.25, -0.2) is 4.79 Å². The van der Waals surface area contributed by atoms with Crippen molar-refractivity contribution in [1.29, 1.82) is 0 Å². The van der Waals surface area contributed by atoms with Gasteiger partial charge in [0.05, 0.1) is 10.7 Å². The number of hydrogen-bond donors (Lipinski definition) is 2. The van der Waals surface area contributed by atoms with Crippen molar-refractivity contribution in [2.75, 3.05) is 5.32 Å². The normalized spacial score (nSPS) is 21.4. The van der Waals surface area contributed by atoms with E-state index in [0.717, 1.165) is 23.0 Å². The predicted octanol–water partition coefficient (Wildman–Crippen LogP) is 4.57. The molecule has 1 aromatic carbocycles. The molecule has 21 heavy (non-hydrogen) atoms. The fourth-order valence-corrected chi connectivity index (χ4v) is 2.99. The molecule has 0 atom stereocenters. The average Bonchev–Trinajstić information content (AvgIpc) is 2.27. The summed E-state index contributed by atoms with van der Waals surface area (Å²) >= 11 is 9.65. The highest BCUT2D eigenvalue weighted by Crippen LogP contribution is 2.34. The van der Waals surface area contributed by atoms with Crippen molar-refractivity contribution in [3.05, 3.63) is 27.7 Å². The van der Waals surface area contributed by atoms with E-state index in [0.29, 0.717) is 11.1 Å². The Labute approximate surface area is 138 Å². The topological polar surface area (TPSA) is 50.4 Å². The molecule has 0 aromatic heterocycles. The van der Waals surface area contributed by atoms with Crippen molar-refractivity contribution < 1.29 is 9.53 Å².